The second-order valence-electron chi connectivity index (χ2n) is 4.49. The topological polar surface area (TPSA) is 60.3 Å². The Labute approximate surface area is 110 Å². The van der Waals surface area contributed by atoms with Gasteiger partial charge >= 0.3 is 0 Å². The van der Waals surface area contributed by atoms with Crippen LogP contribution < -0.4 is 10.9 Å². The average molecular weight is 271 g/mol. The van der Waals surface area contributed by atoms with Crippen LogP contribution in [0.15, 0.2) is 17.1 Å². The largest absolute Gasteiger partial charge is 0.365 e. The van der Waals surface area contributed by atoms with E-state index in [0.717, 1.165) is 6.42 Å². The zero-order chi connectivity index (χ0) is 13.3. The molecule has 1 aromatic heterocycles. The zero-order valence-corrected chi connectivity index (χ0v) is 11.0. The molecule has 0 aliphatic carbocycles. The monoisotopic (exact) mass is 270 g/mol. The fraction of sp³-hybridized carbons (Fsp3) is 0.500. The zero-order valence-electron chi connectivity index (χ0n) is 10.3. The number of nitrogens with zero attached hydrogens (tertiary/aromatic N) is 1. The van der Waals surface area contributed by atoms with Crippen molar-refractivity contribution in [2.45, 2.75) is 32.0 Å². The molecule has 0 saturated carbocycles. The molecule has 1 N–H and O–H groups in total. The van der Waals surface area contributed by atoms with Gasteiger partial charge in [0.25, 0.3) is 11.5 Å². The second-order valence-corrected chi connectivity index (χ2v) is 4.90. The highest BCUT2D eigenvalue weighted by Crippen LogP contribution is 2.20. The van der Waals surface area contributed by atoms with E-state index in [0.29, 0.717) is 12.1 Å². The van der Waals surface area contributed by atoms with E-state index in [1.54, 1.807) is 7.05 Å². The molecule has 2 atom stereocenters. The number of hydrogen-bond acceptors (Lipinski definition) is 3. The van der Waals surface area contributed by atoms with Gasteiger partial charge in [-0.25, -0.2) is 0 Å². The van der Waals surface area contributed by atoms with Gasteiger partial charge in [0.05, 0.1) is 11.8 Å². The third-order valence-electron chi connectivity index (χ3n) is 2.93. The fourth-order valence-corrected chi connectivity index (χ4v) is 2.21. The van der Waals surface area contributed by atoms with Crippen molar-refractivity contribution < 1.29 is 9.53 Å². The minimum atomic E-state index is -0.420. The Morgan fingerprint density at radius 1 is 1.56 bits per heavy atom. The quantitative estimate of drug-likeness (QED) is 0.887. The summed E-state index contributed by atoms with van der Waals surface area (Å²) < 4.78 is 6.80. The minimum absolute atomic E-state index is 0.0796. The van der Waals surface area contributed by atoms with Crippen LogP contribution in [-0.4, -0.2) is 22.7 Å². The van der Waals surface area contributed by atoms with E-state index in [1.165, 1.54) is 16.8 Å². The summed E-state index contributed by atoms with van der Waals surface area (Å²) in [6, 6.07) is 1.44. The predicted molar refractivity (Wildman–Crippen MR) is 68.9 cm³/mol. The number of pyridine rings is 1. The van der Waals surface area contributed by atoms with Gasteiger partial charge in [-0.05, 0) is 25.8 Å². The molecule has 1 aliphatic rings. The smallest absolute Gasteiger partial charge is 0.269 e. The molecule has 0 spiro atoms. The standard InChI is InChI=1S/C12H15ClN2O3/c1-7-3-4-10(18-7)11(16)14-8-5-9(13)12(17)15(2)6-8/h5-7,10H,3-4H2,1-2H3,(H,14,16)/t7-,10-/m1/s1. The maximum atomic E-state index is 11.9. The maximum Gasteiger partial charge on any atom is 0.269 e. The van der Waals surface area contributed by atoms with Crippen LogP contribution in [0.4, 0.5) is 5.69 Å². The number of nitrogens with one attached hydrogen (secondary N) is 1. The van der Waals surface area contributed by atoms with Crippen molar-refractivity contribution in [1.29, 1.82) is 0 Å². The van der Waals surface area contributed by atoms with Gasteiger partial charge in [0, 0.05) is 13.2 Å². The molecule has 18 heavy (non-hydrogen) atoms. The summed E-state index contributed by atoms with van der Waals surface area (Å²) >= 11 is 5.77. The molecule has 2 heterocycles. The van der Waals surface area contributed by atoms with Crippen molar-refractivity contribution in [3.05, 3.63) is 27.6 Å². The van der Waals surface area contributed by atoms with Gasteiger partial charge < -0.3 is 14.6 Å². The van der Waals surface area contributed by atoms with E-state index >= 15 is 0 Å². The number of carbonyl (C=O) groups excluding carboxylic acids is 1. The number of rotatable bonds is 2. The SMILES string of the molecule is C[C@@H]1CC[C@H](C(=O)Nc2cc(Cl)c(=O)n(C)c2)O1. The lowest BCUT2D eigenvalue weighted by molar-refractivity contribution is -0.126. The summed E-state index contributed by atoms with van der Waals surface area (Å²) in [4.78, 5) is 23.3. The predicted octanol–water partition coefficient (Wildman–Crippen LogP) is 1.54. The first-order chi connectivity index (χ1) is 8.47. The fourth-order valence-electron chi connectivity index (χ4n) is 1.96. The van der Waals surface area contributed by atoms with E-state index < -0.39 is 6.10 Å². The van der Waals surface area contributed by atoms with Crippen molar-refractivity contribution in [3.8, 4) is 0 Å². The number of aromatic nitrogens is 1. The van der Waals surface area contributed by atoms with Crippen LogP contribution in [-0.2, 0) is 16.6 Å². The Kier molecular flexibility index (Phi) is 3.73. The number of amides is 1. The summed E-state index contributed by atoms with van der Waals surface area (Å²) in [5.41, 5.74) is 0.204. The van der Waals surface area contributed by atoms with E-state index in [9.17, 15) is 9.59 Å². The van der Waals surface area contributed by atoms with Crippen molar-refractivity contribution >= 4 is 23.2 Å². The first-order valence-corrected chi connectivity index (χ1v) is 6.17. The van der Waals surface area contributed by atoms with Crippen molar-refractivity contribution in [2.75, 3.05) is 5.32 Å². The van der Waals surface area contributed by atoms with Gasteiger partial charge in [0.2, 0.25) is 0 Å². The molecule has 1 aromatic rings. The average Bonchev–Trinajstić information content (AvgIpc) is 2.72. The molecule has 6 heteroatoms. The normalized spacial score (nSPS) is 23.1. The van der Waals surface area contributed by atoms with Crippen LogP contribution in [0.3, 0.4) is 0 Å². The van der Waals surface area contributed by atoms with Crippen molar-refractivity contribution in [2.24, 2.45) is 7.05 Å². The first kappa shape index (κ1) is 13.1. The third kappa shape index (κ3) is 2.73. The lowest BCUT2D eigenvalue weighted by atomic mass is 10.2. The van der Waals surface area contributed by atoms with Crippen LogP contribution in [0.25, 0.3) is 0 Å². The summed E-state index contributed by atoms with van der Waals surface area (Å²) in [7, 11) is 1.58. The summed E-state index contributed by atoms with van der Waals surface area (Å²) in [6.45, 7) is 1.94. The molecule has 1 fully saturated rings. The highest BCUT2D eigenvalue weighted by Gasteiger charge is 2.28. The molecule has 1 amide bonds. The maximum absolute atomic E-state index is 11.9. The summed E-state index contributed by atoms with van der Waals surface area (Å²) in [5, 5.41) is 2.78. The van der Waals surface area contributed by atoms with E-state index in [2.05, 4.69) is 5.32 Å². The van der Waals surface area contributed by atoms with Crippen molar-refractivity contribution in [1.82, 2.24) is 4.57 Å². The third-order valence-corrected chi connectivity index (χ3v) is 3.20. The van der Waals surface area contributed by atoms with Gasteiger partial charge in [-0.15, -0.1) is 0 Å². The lowest BCUT2D eigenvalue weighted by Crippen LogP contribution is -2.28. The lowest BCUT2D eigenvalue weighted by Gasteiger charge is -2.12. The second kappa shape index (κ2) is 5.12. The number of ether oxygens (including phenoxy) is 1. The van der Waals surface area contributed by atoms with E-state index in [-0.39, 0.29) is 22.6 Å². The van der Waals surface area contributed by atoms with Gasteiger partial charge in [-0.2, -0.15) is 0 Å². The van der Waals surface area contributed by atoms with Crippen LogP contribution >= 0.6 is 11.6 Å². The molecule has 5 nitrogen and oxygen atoms in total. The Hall–Kier alpha value is -1.33. The minimum Gasteiger partial charge on any atom is -0.365 e. The molecule has 0 aromatic carbocycles. The summed E-state index contributed by atoms with van der Waals surface area (Å²) in [6.07, 6.45) is 2.82. The first-order valence-electron chi connectivity index (χ1n) is 5.80. The molecule has 1 aliphatic heterocycles. The molecule has 1 saturated heterocycles. The Morgan fingerprint density at radius 2 is 2.28 bits per heavy atom. The molecular formula is C12H15ClN2O3. The molecule has 98 valence electrons. The van der Waals surface area contributed by atoms with Gasteiger partial charge in [-0.1, -0.05) is 11.6 Å². The molecule has 0 unspecified atom stereocenters. The summed E-state index contributed by atoms with van der Waals surface area (Å²) in [5.74, 6) is -0.200. The van der Waals surface area contributed by atoms with Gasteiger partial charge in [-0.3, -0.25) is 9.59 Å². The molecule has 0 radical (unpaired) electrons. The molecule has 0 bridgehead atoms. The molecular weight excluding hydrogens is 256 g/mol. The van der Waals surface area contributed by atoms with Crippen molar-refractivity contribution in [3.63, 3.8) is 0 Å². The number of carbonyl (C=O) groups is 1. The van der Waals surface area contributed by atoms with Gasteiger partial charge in [0.1, 0.15) is 11.1 Å². The number of anilines is 1. The Bertz CT molecular complexity index is 500. The van der Waals surface area contributed by atoms with Crippen LogP contribution in [0.2, 0.25) is 5.02 Å². The number of hydrogen-bond donors (Lipinski definition) is 1. The van der Waals surface area contributed by atoms with E-state index in [1.807, 2.05) is 6.92 Å². The Balaban J connectivity index is 2.10. The highest BCUT2D eigenvalue weighted by molar-refractivity contribution is 6.30. The Morgan fingerprint density at radius 3 is 2.83 bits per heavy atom. The van der Waals surface area contributed by atoms with Crippen LogP contribution in [0.5, 0.6) is 0 Å². The highest BCUT2D eigenvalue weighted by atomic mass is 35.5. The van der Waals surface area contributed by atoms with Crippen LogP contribution in [0.1, 0.15) is 19.8 Å². The molecule has 2 rings (SSSR count). The van der Waals surface area contributed by atoms with Crippen LogP contribution in [0, 0.1) is 0 Å². The van der Waals surface area contributed by atoms with Gasteiger partial charge in [0.15, 0.2) is 0 Å². The number of halogens is 1. The van der Waals surface area contributed by atoms with E-state index in [4.69, 9.17) is 16.3 Å². The number of aryl methyl sites for hydroxylation is 1.